The zero-order valence-electron chi connectivity index (χ0n) is 13.4. The Kier molecular flexibility index (Phi) is 3.23. The molecule has 6 nitrogen and oxygen atoms in total. The Labute approximate surface area is 151 Å². The lowest BCUT2D eigenvalue weighted by atomic mass is 10.1. The Hall–Kier alpha value is -3.32. The van der Waals surface area contributed by atoms with Gasteiger partial charge >= 0.3 is 5.76 Å². The van der Waals surface area contributed by atoms with Crippen molar-refractivity contribution in [1.29, 1.82) is 0 Å². The third kappa shape index (κ3) is 2.41. The first-order valence-corrected chi connectivity index (χ1v) is 8.78. The minimum absolute atomic E-state index is 0.202. The summed E-state index contributed by atoms with van der Waals surface area (Å²) in [5, 5.41) is 2.86. The molecule has 0 spiro atoms. The van der Waals surface area contributed by atoms with Crippen molar-refractivity contribution in [3.63, 3.8) is 0 Å². The zero-order chi connectivity index (χ0) is 17.7. The molecule has 0 saturated heterocycles. The Bertz CT molecular complexity index is 1220. The molecule has 1 aliphatic heterocycles. The molecule has 3 heterocycles. The van der Waals surface area contributed by atoms with Gasteiger partial charge in [0.05, 0.1) is 10.4 Å². The number of aromatic amines is 1. The van der Waals surface area contributed by atoms with E-state index < -0.39 is 5.76 Å². The second-order valence-corrected chi connectivity index (χ2v) is 6.98. The van der Waals surface area contributed by atoms with Crippen LogP contribution in [-0.4, -0.2) is 10.9 Å². The van der Waals surface area contributed by atoms with Gasteiger partial charge in [-0.25, -0.2) is 4.79 Å². The third-order valence-electron chi connectivity index (χ3n) is 4.22. The van der Waals surface area contributed by atoms with Crippen LogP contribution < -0.4 is 15.8 Å². The minimum atomic E-state index is -0.520. The fraction of sp³-hybridized carbons (Fsp3) is 0.0526. The second-order valence-electron chi connectivity index (χ2n) is 5.93. The second kappa shape index (κ2) is 5.60. The molecular formula is C19H12N2O4S. The highest BCUT2D eigenvalue weighted by atomic mass is 32.1. The Balaban J connectivity index is 1.46. The van der Waals surface area contributed by atoms with Crippen LogP contribution in [0.5, 0.6) is 5.75 Å². The molecular weight excluding hydrogens is 352 g/mol. The van der Waals surface area contributed by atoms with Gasteiger partial charge in [-0.15, -0.1) is 11.3 Å². The molecule has 0 unspecified atom stereocenters. The van der Waals surface area contributed by atoms with E-state index in [0.29, 0.717) is 28.3 Å². The van der Waals surface area contributed by atoms with Crippen molar-refractivity contribution in [2.45, 2.75) is 6.61 Å². The number of hydrogen-bond acceptors (Lipinski definition) is 5. The number of oxazole rings is 1. The molecule has 1 amide bonds. The fourth-order valence-corrected chi connectivity index (χ4v) is 4.13. The molecule has 0 fully saturated rings. The SMILES string of the molecule is O=C(Nc1ccc2oc(=O)[nH]c2c1)c1cc2c(s1)-c1ccccc1OC2. The van der Waals surface area contributed by atoms with Gasteiger partial charge in [-0.05, 0) is 36.4 Å². The van der Waals surface area contributed by atoms with Crippen LogP contribution in [0.15, 0.2) is 57.7 Å². The third-order valence-corrected chi connectivity index (χ3v) is 5.43. The quantitative estimate of drug-likeness (QED) is 0.563. The van der Waals surface area contributed by atoms with Gasteiger partial charge in [-0.1, -0.05) is 12.1 Å². The van der Waals surface area contributed by atoms with E-state index in [1.807, 2.05) is 30.3 Å². The predicted molar refractivity (Wildman–Crippen MR) is 98.9 cm³/mol. The lowest BCUT2D eigenvalue weighted by Crippen LogP contribution is -2.10. The van der Waals surface area contributed by atoms with Crippen molar-refractivity contribution in [2.24, 2.45) is 0 Å². The molecule has 5 rings (SSSR count). The topological polar surface area (TPSA) is 84.3 Å². The highest BCUT2D eigenvalue weighted by molar-refractivity contribution is 7.17. The van der Waals surface area contributed by atoms with Crippen molar-refractivity contribution in [3.8, 4) is 16.2 Å². The average Bonchev–Trinajstić information content (AvgIpc) is 3.24. The number of hydrogen-bond donors (Lipinski definition) is 2. The van der Waals surface area contributed by atoms with Crippen LogP contribution in [-0.2, 0) is 6.61 Å². The van der Waals surface area contributed by atoms with E-state index in [1.54, 1.807) is 18.2 Å². The fourth-order valence-electron chi connectivity index (χ4n) is 3.03. The van der Waals surface area contributed by atoms with Crippen LogP contribution in [0, 0.1) is 0 Å². The van der Waals surface area contributed by atoms with E-state index in [1.165, 1.54) is 11.3 Å². The number of para-hydroxylation sites is 1. The molecule has 0 bridgehead atoms. The van der Waals surface area contributed by atoms with Gasteiger partial charge in [0.2, 0.25) is 0 Å². The summed E-state index contributed by atoms with van der Waals surface area (Å²) in [5.41, 5.74) is 3.60. The maximum Gasteiger partial charge on any atom is 0.417 e. The molecule has 1 aliphatic rings. The summed E-state index contributed by atoms with van der Waals surface area (Å²) in [6, 6.07) is 14.7. The van der Waals surface area contributed by atoms with Gasteiger partial charge in [0.25, 0.3) is 5.91 Å². The number of carbonyl (C=O) groups excluding carboxylic acids is 1. The first-order chi connectivity index (χ1) is 12.7. The number of ether oxygens (including phenoxy) is 1. The summed E-state index contributed by atoms with van der Waals surface area (Å²) in [6.45, 7) is 0.457. The standard InChI is InChI=1S/C19H12N2O4S/c22-18(20-11-5-6-15-13(8-11)21-19(23)25-15)16-7-10-9-24-14-4-2-1-3-12(14)17(10)26-16/h1-8H,9H2,(H,20,22)(H,21,23). The molecule has 0 radical (unpaired) electrons. The van der Waals surface area contributed by atoms with Crippen LogP contribution in [0.1, 0.15) is 15.2 Å². The summed E-state index contributed by atoms with van der Waals surface area (Å²) in [5.74, 6) is 0.114. The van der Waals surface area contributed by atoms with Crippen LogP contribution in [0.25, 0.3) is 21.5 Å². The molecule has 26 heavy (non-hydrogen) atoms. The number of amides is 1. The van der Waals surface area contributed by atoms with Gasteiger partial charge in [0.15, 0.2) is 5.58 Å². The van der Waals surface area contributed by atoms with E-state index in [2.05, 4.69) is 10.3 Å². The molecule has 2 aromatic heterocycles. The van der Waals surface area contributed by atoms with Crippen LogP contribution in [0.2, 0.25) is 0 Å². The van der Waals surface area contributed by atoms with E-state index in [0.717, 1.165) is 21.8 Å². The molecule has 2 N–H and O–H groups in total. The number of aromatic nitrogens is 1. The highest BCUT2D eigenvalue weighted by Gasteiger charge is 2.22. The van der Waals surface area contributed by atoms with Crippen LogP contribution >= 0.6 is 11.3 Å². The number of nitrogens with one attached hydrogen (secondary N) is 2. The molecule has 4 aromatic rings. The normalized spacial score (nSPS) is 12.3. The van der Waals surface area contributed by atoms with Gasteiger partial charge in [-0.3, -0.25) is 9.78 Å². The average molecular weight is 364 g/mol. The van der Waals surface area contributed by atoms with Gasteiger partial charge in [0.1, 0.15) is 12.4 Å². The van der Waals surface area contributed by atoms with E-state index in [4.69, 9.17) is 9.15 Å². The van der Waals surface area contributed by atoms with Crippen molar-refractivity contribution < 1.29 is 13.9 Å². The van der Waals surface area contributed by atoms with Gasteiger partial charge < -0.3 is 14.5 Å². The maximum atomic E-state index is 12.6. The molecule has 7 heteroatoms. The van der Waals surface area contributed by atoms with Crippen molar-refractivity contribution in [1.82, 2.24) is 4.98 Å². The number of anilines is 1. The van der Waals surface area contributed by atoms with Crippen LogP contribution in [0.4, 0.5) is 5.69 Å². The lowest BCUT2D eigenvalue weighted by molar-refractivity contribution is 0.103. The molecule has 2 aromatic carbocycles. The maximum absolute atomic E-state index is 12.6. The Morgan fingerprint density at radius 2 is 2.04 bits per heavy atom. The Morgan fingerprint density at radius 3 is 2.96 bits per heavy atom. The number of thiophene rings is 1. The van der Waals surface area contributed by atoms with E-state index in [-0.39, 0.29) is 5.91 Å². The van der Waals surface area contributed by atoms with Crippen LogP contribution in [0.3, 0.4) is 0 Å². The molecule has 0 atom stereocenters. The smallest absolute Gasteiger partial charge is 0.417 e. The predicted octanol–water partition coefficient (Wildman–Crippen LogP) is 3.99. The Morgan fingerprint density at radius 1 is 1.15 bits per heavy atom. The number of rotatable bonds is 2. The largest absolute Gasteiger partial charge is 0.488 e. The first-order valence-electron chi connectivity index (χ1n) is 7.96. The van der Waals surface area contributed by atoms with Gasteiger partial charge in [0, 0.05) is 21.7 Å². The summed E-state index contributed by atoms with van der Waals surface area (Å²) in [4.78, 5) is 28.1. The van der Waals surface area contributed by atoms with Crippen molar-refractivity contribution in [3.05, 3.63) is 69.5 Å². The van der Waals surface area contributed by atoms with E-state index >= 15 is 0 Å². The lowest BCUT2D eigenvalue weighted by Gasteiger charge is -2.16. The summed E-state index contributed by atoms with van der Waals surface area (Å²) < 4.78 is 10.7. The molecule has 128 valence electrons. The number of carbonyl (C=O) groups is 1. The zero-order valence-corrected chi connectivity index (χ0v) is 14.2. The van der Waals surface area contributed by atoms with Crippen molar-refractivity contribution >= 4 is 34.0 Å². The number of benzene rings is 2. The highest BCUT2D eigenvalue weighted by Crippen LogP contribution is 2.42. The van der Waals surface area contributed by atoms with Gasteiger partial charge in [-0.2, -0.15) is 0 Å². The minimum Gasteiger partial charge on any atom is -0.488 e. The van der Waals surface area contributed by atoms with Crippen molar-refractivity contribution in [2.75, 3.05) is 5.32 Å². The molecule has 0 aliphatic carbocycles. The monoisotopic (exact) mass is 364 g/mol. The van der Waals surface area contributed by atoms with E-state index in [9.17, 15) is 9.59 Å². The molecule has 0 saturated carbocycles. The summed E-state index contributed by atoms with van der Waals surface area (Å²) in [6.07, 6.45) is 0. The first kappa shape index (κ1) is 15.0. The number of fused-ring (bicyclic) bond motifs is 4. The summed E-state index contributed by atoms with van der Waals surface area (Å²) >= 11 is 1.44. The summed E-state index contributed by atoms with van der Waals surface area (Å²) in [7, 11) is 0. The number of H-pyrrole nitrogens is 1.